The van der Waals surface area contributed by atoms with Gasteiger partial charge in [-0.05, 0) is 34.1 Å². The minimum Gasteiger partial charge on any atom is -0.379 e. The first-order valence-electron chi connectivity index (χ1n) is 8.43. The molecule has 0 saturated carbocycles. The fourth-order valence-electron chi connectivity index (χ4n) is 1.90. The van der Waals surface area contributed by atoms with E-state index in [0.29, 0.717) is 39.6 Å². The Morgan fingerprint density at radius 2 is 1.27 bits per heavy atom. The highest BCUT2D eigenvalue weighted by molar-refractivity contribution is 4.64. The van der Waals surface area contributed by atoms with Crippen LogP contribution in [0.15, 0.2) is 0 Å². The van der Waals surface area contributed by atoms with Crippen molar-refractivity contribution in [2.75, 3.05) is 46.2 Å². The van der Waals surface area contributed by atoms with Crippen LogP contribution in [-0.4, -0.2) is 58.5 Å². The highest BCUT2D eigenvalue weighted by Crippen LogP contribution is 2.24. The highest BCUT2D eigenvalue weighted by Gasteiger charge is 2.44. The average Bonchev–Trinajstić information content (AvgIpc) is 2.50. The molecule has 0 spiro atoms. The van der Waals surface area contributed by atoms with Gasteiger partial charge in [0.05, 0.1) is 13.2 Å². The average molecular weight is 322 g/mol. The zero-order chi connectivity index (χ0) is 16.7. The highest BCUT2D eigenvalue weighted by atomic mass is 16.9. The number of unbranched alkanes of at least 4 members (excludes halogenated alkanes) is 1. The van der Waals surface area contributed by atoms with Crippen molar-refractivity contribution in [2.24, 2.45) is 0 Å². The SMILES string of the molecule is CCCCOCCOC(OCC)C(OCC)(OCC)OCC. The maximum atomic E-state index is 5.76. The molecular weight excluding hydrogens is 288 g/mol. The van der Waals surface area contributed by atoms with Gasteiger partial charge in [0.25, 0.3) is 0 Å². The van der Waals surface area contributed by atoms with Crippen LogP contribution in [0.1, 0.15) is 47.5 Å². The Hall–Kier alpha value is -0.240. The lowest BCUT2D eigenvalue weighted by Gasteiger charge is -2.37. The van der Waals surface area contributed by atoms with Crippen LogP contribution >= 0.6 is 0 Å². The van der Waals surface area contributed by atoms with Crippen LogP contribution in [0.5, 0.6) is 0 Å². The minimum absolute atomic E-state index is 0.392. The molecule has 0 aliphatic heterocycles. The predicted octanol–water partition coefficient (Wildman–Crippen LogP) is 2.95. The van der Waals surface area contributed by atoms with E-state index in [1.54, 1.807) is 0 Å². The summed E-state index contributed by atoms with van der Waals surface area (Å²) in [6, 6.07) is 0. The van der Waals surface area contributed by atoms with Gasteiger partial charge in [-0.15, -0.1) is 0 Å². The topological polar surface area (TPSA) is 55.4 Å². The Morgan fingerprint density at radius 1 is 0.682 bits per heavy atom. The fourth-order valence-corrected chi connectivity index (χ4v) is 1.90. The Kier molecular flexibility index (Phi) is 14.2. The van der Waals surface area contributed by atoms with Crippen LogP contribution in [0.4, 0.5) is 0 Å². The maximum absolute atomic E-state index is 5.76. The zero-order valence-electron chi connectivity index (χ0n) is 14.9. The molecule has 0 heterocycles. The van der Waals surface area contributed by atoms with Crippen LogP contribution in [0.25, 0.3) is 0 Å². The second-order valence-corrected chi connectivity index (χ2v) is 4.53. The largest absolute Gasteiger partial charge is 0.379 e. The summed E-state index contributed by atoms with van der Waals surface area (Å²) in [5, 5.41) is 0. The van der Waals surface area contributed by atoms with Gasteiger partial charge in [0.2, 0.25) is 6.29 Å². The standard InChI is InChI=1S/C16H34O6/c1-6-11-12-17-13-14-19-15(18-7-2)16(20-8-3,21-9-4)22-10-5/h15H,6-14H2,1-5H3. The molecule has 0 saturated heterocycles. The van der Waals surface area contributed by atoms with Crippen LogP contribution in [0, 0.1) is 0 Å². The van der Waals surface area contributed by atoms with Gasteiger partial charge >= 0.3 is 5.97 Å². The Morgan fingerprint density at radius 3 is 1.73 bits per heavy atom. The van der Waals surface area contributed by atoms with E-state index in [-0.39, 0.29) is 0 Å². The van der Waals surface area contributed by atoms with Crippen molar-refractivity contribution >= 4 is 0 Å². The molecule has 1 atom stereocenters. The first-order chi connectivity index (χ1) is 10.7. The fraction of sp³-hybridized carbons (Fsp3) is 1.00. The van der Waals surface area contributed by atoms with E-state index in [1.165, 1.54) is 0 Å². The van der Waals surface area contributed by atoms with Gasteiger partial charge in [0.15, 0.2) is 0 Å². The number of rotatable bonds is 16. The summed E-state index contributed by atoms with van der Waals surface area (Å²) >= 11 is 0. The molecule has 22 heavy (non-hydrogen) atoms. The molecule has 0 aliphatic rings. The van der Waals surface area contributed by atoms with Crippen molar-refractivity contribution in [1.82, 2.24) is 0 Å². The molecule has 6 nitrogen and oxygen atoms in total. The molecule has 0 amide bonds. The summed E-state index contributed by atoms with van der Waals surface area (Å²) in [6.07, 6.45) is 1.41. The maximum Gasteiger partial charge on any atom is 0.337 e. The smallest absolute Gasteiger partial charge is 0.337 e. The van der Waals surface area contributed by atoms with Gasteiger partial charge in [-0.2, -0.15) is 0 Å². The summed E-state index contributed by atoms with van der Waals surface area (Å²) < 4.78 is 34.0. The van der Waals surface area contributed by atoms with E-state index in [0.717, 1.165) is 19.4 Å². The predicted molar refractivity (Wildman–Crippen MR) is 84.7 cm³/mol. The first-order valence-corrected chi connectivity index (χ1v) is 8.43. The Bertz CT molecular complexity index is 220. The second-order valence-electron chi connectivity index (χ2n) is 4.53. The monoisotopic (exact) mass is 322 g/mol. The molecule has 6 heteroatoms. The summed E-state index contributed by atoms with van der Waals surface area (Å²) in [5.74, 6) is -1.34. The Balaban J connectivity index is 4.58. The molecule has 0 aromatic heterocycles. The summed E-state index contributed by atoms with van der Waals surface area (Å²) in [7, 11) is 0. The van der Waals surface area contributed by atoms with Crippen molar-refractivity contribution in [1.29, 1.82) is 0 Å². The van der Waals surface area contributed by atoms with Crippen LogP contribution < -0.4 is 0 Å². The lowest BCUT2D eigenvalue weighted by Crippen LogP contribution is -2.53. The van der Waals surface area contributed by atoms with Gasteiger partial charge in [0, 0.05) is 33.0 Å². The molecular formula is C16H34O6. The van der Waals surface area contributed by atoms with Gasteiger partial charge < -0.3 is 28.4 Å². The molecule has 0 aromatic rings. The van der Waals surface area contributed by atoms with Crippen LogP contribution in [-0.2, 0) is 28.4 Å². The third-order valence-corrected chi connectivity index (χ3v) is 2.78. The quantitative estimate of drug-likeness (QED) is 0.322. The van der Waals surface area contributed by atoms with E-state index >= 15 is 0 Å². The van der Waals surface area contributed by atoms with Gasteiger partial charge in [0.1, 0.15) is 0 Å². The second kappa shape index (κ2) is 14.4. The third-order valence-electron chi connectivity index (χ3n) is 2.78. The van der Waals surface area contributed by atoms with Crippen molar-refractivity contribution in [3.63, 3.8) is 0 Å². The molecule has 0 bridgehead atoms. The zero-order valence-corrected chi connectivity index (χ0v) is 14.9. The lowest BCUT2D eigenvalue weighted by molar-refractivity contribution is -0.453. The normalized spacial score (nSPS) is 13.5. The van der Waals surface area contributed by atoms with Crippen molar-refractivity contribution in [3.05, 3.63) is 0 Å². The van der Waals surface area contributed by atoms with Gasteiger partial charge in [-0.1, -0.05) is 13.3 Å². The van der Waals surface area contributed by atoms with E-state index in [4.69, 9.17) is 28.4 Å². The van der Waals surface area contributed by atoms with E-state index < -0.39 is 12.3 Å². The molecule has 0 radical (unpaired) electrons. The summed E-state index contributed by atoms with van der Waals surface area (Å²) in [4.78, 5) is 0. The van der Waals surface area contributed by atoms with Gasteiger partial charge in [-0.3, -0.25) is 0 Å². The molecule has 0 aromatic carbocycles. The molecule has 0 N–H and O–H groups in total. The van der Waals surface area contributed by atoms with E-state index in [1.807, 2.05) is 27.7 Å². The number of hydrogen-bond donors (Lipinski definition) is 0. The van der Waals surface area contributed by atoms with Crippen molar-refractivity contribution in [3.8, 4) is 0 Å². The Labute approximate surface area is 135 Å². The molecule has 0 rings (SSSR count). The molecule has 134 valence electrons. The summed E-state index contributed by atoms with van der Waals surface area (Å²) in [6.45, 7) is 13.1. The first kappa shape index (κ1) is 21.8. The van der Waals surface area contributed by atoms with E-state index in [9.17, 15) is 0 Å². The van der Waals surface area contributed by atoms with Crippen LogP contribution in [0.2, 0.25) is 0 Å². The van der Waals surface area contributed by atoms with Crippen molar-refractivity contribution < 1.29 is 28.4 Å². The summed E-state index contributed by atoms with van der Waals surface area (Å²) in [5.41, 5.74) is 0. The number of ether oxygens (including phenoxy) is 6. The lowest BCUT2D eigenvalue weighted by atomic mass is 10.4. The third kappa shape index (κ3) is 8.41. The molecule has 1 unspecified atom stereocenters. The van der Waals surface area contributed by atoms with Gasteiger partial charge in [-0.25, -0.2) is 0 Å². The van der Waals surface area contributed by atoms with Crippen molar-refractivity contribution in [2.45, 2.75) is 59.7 Å². The number of hydrogen-bond acceptors (Lipinski definition) is 6. The molecule has 0 aliphatic carbocycles. The van der Waals surface area contributed by atoms with E-state index in [2.05, 4.69) is 6.92 Å². The minimum atomic E-state index is -1.34. The molecule has 0 fully saturated rings. The van der Waals surface area contributed by atoms with Crippen LogP contribution in [0.3, 0.4) is 0 Å².